The number of nitrogens with one attached hydrogen (secondary N) is 2. The lowest BCUT2D eigenvalue weighted by atomic mass is 10.3. The lowest BCUT2D eigenvalue weighted by Gasteiger charge is -2.04. The highest BCUT2D eigenvalue weighted by Crippen LogP contribution is 2.22. The molecule has 0 aliphatic carbocycles. The second-order valence-electron chi connectivity index (χ2n) is 4.26. The van der Waals surface area contributed by atoms with Crippen molar-refractivity contribution in [2.75, 3.05) is 5.32 Å². The van der Waals surface area contributed by atoms with E-state index in [-0.39, 0.29) is 17.7 Å². The molecule has 1 heterocycles. The molecule has 0 saturated heterocycles. The average molecular weight is 268 g/mol. The molecule has 0 saturated carbocycles. The molecular formula is C12H14F2N4O. The maximum absolute atomic E-state index is 13.4. The Hall–Kier alpha value is -2.02. The molecule has 0 fully saturated rings. The molecule has 5 nitrogen and oxygen atoms in total. The molecule has 0 aliphatic rings. The summed E-state index contributed by atoms with van der Waals surface area (Å²) in [6.45, 7) is 4.35. The molecule has 19 heavy (non-hydrogen) atoms. The van der Waals surface area contributed by atoms with Crippen LogP contribution in [0.3, 0.4) is 0 Å². The highest BCUT2D eigenvalue weighted by molar-refractivity contribution is 5.53. The maximum atomic E-state index is 13.4. The highest BCUT2D eigenvalue weighted by atomic mass is 19.1. The molecule has 0 atom stereocenters. The van der Waals surface area contributed by atoms with Gasteiger partial charge in [0.05, 0.1) is 6.54 Å². The molecule has 2 N–H and O–H groups in total. The van der Waals surface area contributed by atoms with E-state index in [1.165, 1.54) is 6.07 Å². The fraction of sp³-hybridized carbons (Fsp3) is 0.333. The van der Waals surface area contributed by atoms with Crippen molar-refractivity contribution in [2.24, 2.45) is 0 Å². The summed E-state index contributed by atoms with van der Waals surface area (Å²) in [7, 11) is 0. The minimum atomic E-state index is -0.722. The molecule has 0 amide bonds. The first-order valence-electron chi connectivity index (χ1n) is 5.83. The summed E-state index contributed by atoms with van der Waals surface area (Å²) in [6, 6.07) is 3.78. The number of nitrogens with zero attached hydrogens (tertiary/aromatic N) is 2. The summed E-state index contributed by atoms with van der Waals surface area (Å²) in [5.41, 5.74) is -0.311. The summed E-state index contributed by atoms with van der Waals surface area (Å²) < 4.78 is 32.0. The molecule has 2 aromatic rings. The van der Waals surface area contributed by atoms with Crippen molar-refractivity contribution < 1.29 is 13.2 Å². The van der Waals surface area contributed by atoms with Gasteiger partial charge in [-0.2, -0.15) is 0 Å². The van der Waals surface area contributed by atoms with Gasteiger partial charge in [-0.3, -0.25) is 0 Å². The third kappa shape index (κ3) is 3.47. The fourth-order valence-corrected chi connectivity index (χ4v) is 1.39. The zero-order chi connectivity index (χ0) is 13.8. The zero-order valence-corrected chi connectivity index (χ0v) is 10.6. The maximum Gasteiger partial charge on any atom is 0.320 e. The van der Waals surface area contributed by atoms with E-state index >= 15 is 0 Å². The summed E-state index contributed by atoms with van der Waals surface area (Å²) >= 11 is 0. The van der Waals surface area contributed by atoms with Crippen LogP contribution in [0.4, 0.5) is 20.5 Å². The van der Waals surface area contributed by atoms with Crippen LogP contribution in [0.15, 0.2) is 22.6 Å². The Morgan fingerprint density at radius 2 is 1.89 bits per heavy atom. The van der Waals surface area contributed by atoms with Gasteiger partial charge in [-0.25, -0.2) is 8.78 Å². The molecule has 0 spiro atoms. The molecule has 102 valence electrons. The topological polar surface area (TPSA) is 63.0 Å². The van der Waals surface area contributed by atoms with E-state index in [1.54, 1.807) is 0 Å². The highest BCUT2D eigenvalue weighted by Gasteiger charge is 2.12. The third-order valence-electron chi connectivity index (χ3n) is 2.32. The van der Waals surface area contributed by atoms with Crippen molar-refractivity contribution in [2.45, 2.75) is 26.4 Å². The Morgan fingerprint density at radius 1 is 1.21 bits per heavy atom. The summed E-state index contributed by atoms with van der Waals surface area (Å²) in [4.78, 5) is 0. The standard InChI is InChI=1S/C12H14F2N4O/c1-7(2)15-6-10-17-18-12(19-10)16-11-8(13)4-3-5-9(11)14/h3-5,7,15H,6H2,1-2H3,(H,16,18). The van der Waals surface area contributed by atoms with Crippen molar-refractivity contribution in [1.82, 2.24) is 15.5 Å². The van der Waals surface area contributed by atoms with E-state index in [1.807, 2.05) is 13.8 Å². The Morgan fingerprint density at radius 3 is 2.53 bits per heavy atom. The Kier molecular flexibility index (Phi) is 4.06. The van der Waals surface area contributed by atoms with E-state index in [4.69, 9.17) is 4.42 Å². The molecule has 0 bridgehead atoms. The minimum absolute atomic E-state index is 0.0513. The second-order valence-corrected chi connectivity index (χ2v) is 4.26. The van der Waals surface area contributed by atoms with Gasteiger partial charge < -0.3 is 15.1 Å². The number of para-hydroxylation sites is 1. The first kappa shape index (κ1) is 13.4. The van der Waals surface area contributed by atoms with Gasteiger partial charge in [0.2, 0.25) is 5.89 Å². The molecule has 1 aromatic carbocycles. The summed E-state index contributed by atoms with van der Waals surface area (Å²) in [6.07, 6.45) is 0. The Labute approximate surface area is 109 Å². The van der Waals surface area contributed by atoms with Crippen molar-refractivity contribution in [3.8, 4) is 0 Å². The van der Waals surface area contributed by atoms with Crippen LogP contribution in [-0.2, 0) is 6.54 Å². The lowest BCUT2D eigenvalue weighted by Crippen LogP contribution is -2.21. The van der Waals surface area contributed by atoms with E-state index in [2.05, 4.69) is 20.8 Å². The SMILES string of the molecule is CC(C)NCc1nnc(Nc2c(F)cccc2F)o1. The zero-order valence-electron chi connectivity index (χ0n) is 10.6. The van der Waals surface area contributed by atoms with E-state index in [9.17, 15) is 8.78 Å². The third-order valence-corrected chi connectivity index (χ3v) is 2.32. The molecule has 0 unspecified atom stereocenters. The molecular weight excluding hydrogens is 254 g/mol. The molecule has 2 rings (SSSR count). The summed E-state index contributed by atoms with van der Waals surface area (Å²) in [5.74, 6) is -1.10. The van der Waals surface area contributed by atoms with Crippen molar-refractivity contribution in [1.29, 1.82) is 0 Å². The molecule has 1 aromatic heterocycles. The van der Waals surface area contributed by atoms with Crippen LogP contribution in [0.25, 0.3) is 0 Å². The van der Waals surface area contributed by atoms with Crippen molar-refractivity contribution in [3.63, 3.8) is 0 Å². The normalized spacial score (nSPS) is 11.0. The number of hydrogen-bond donors (Lipinski definition) is 2. The number of anilines is 2. The average Bonchev–Trinajstić information content (AvgIpc) is 2.79. The Balaban J connectivity index is 2.07. The number of benzene rings is 1. The predicted molar refractivity (Wildman–Crippen MR) is 65.9 cm³/mol. The van der Waals surface area contributed by atoms with Gasteiger partial charge in [0.15, 0.2) is 0 Å². The van der Waals surface area contributed by atoms with Gasteiger partial charge in [-0.15, -0.1) is 5.10 Å². The van der Waals surface area contributed by atoms with Crippen LogP contribution in [0.2, 0.25) is 0 Å². The van der Waals surface area contributed by atoms with E-state index in [0.29, 0.717) is 12.4 Å². The van der Waals surface area contributed by atoms with Gasteiger partial charge in [-0.1, -0.05) is 25.0 Å². The monoisotopic (exact) mass is 268 g/mol. The van der Waals surface area contributed by atoms with Gasteiger partial charge in [0.25, 0.3) is 0 Å². The number of aromatic nitrogens is 2. The van der Waals surface area contributed by atoms with Gasteiger partial charge in [0.1, 0.15) is 17.3 Å². The number of halogens is 2. The Bertz CT molecular complexity index is 536. The van der Waals surface area contributed by atoms with Gasteiger partial charge in [0, 0.05) is 6.04 Å². The van der Waals surface area contributed by atoms with Crippen LogP contribution in [0, 0.1) is 11.6 Å². The minimum Gasteiger partial charge on any atom is -0.406 e. The van der Waals surface area contributed by atoms with Crippen LogP contribution < -0.4 is 10.6 Å². The van der Waals surface area contributed by atoms with Crippen LogP contribution in [0.1, 0.15) is 19.7 Å². The number of hydrogen-bond acceptors (Lipinski definition) is 5. The van der Waals surface area contributed by atoms with Gasteiger partial charge in [-0.05, 0) is 12.1 Å². The predicted octanol–water partition coefficient (Wildman–Crippen LogP) is 2.59. The smallest absolute Gasteiger partial charge is 0.320 e. The van der Waals surface area contributed by atoms with Crippen LogP contribution in [-0.4, -0.2) is 16.2 Å². The first-order chi connectivity index (χ1) is 9.06. The quantitative estimate of drug-likeness (QED) is 0.872. The lowest BCUT2D eigenvalue weighted by molar-refractivity contribution is 0.459. The van der Waals surface area contributed by atoms with E-state index < -0.39 is 11.6 Å². The van der Waals surface area contributed by atoms with Crippen molar-refractivity contribution in [3.05, 3.63) is 35.7 Å². The largest absolute Gasteiger partial charge is 0.406 e. The van der Waals surface area contributed by atoms with Crippen LogP contribution in [0.5, 0.6) is 0 Å². The molecule has 7 heteroatoms. The van der Waals surface area contributed by atoms with Gasteiger partial charge >= 0.3 is 6.01 Å². The van der Waals surface area contributed by atoms with Crippen LogP contribution >= 0.6 is 0 Å². The second kappa shape index (κ2) is 5.75. The van der Waals surface area contributed by atoms with E-state index in [0.717, 1.165) is 12.1 Å². The molecule has 0 radical (unpaired) electrons. The molecule has 0 aliphatic heterocycles. The fourth-order valence-electron chi connectivity index (χ4n) is 1.39. The summed E-state index contributed by atoms with van der Waals surface area (Å²) in [5, 5.41) is 12.9. The van der Waals surface area contributed by atoms with Crippen molar-refractivity contribution >= 4 is 11.7 Å². The first-order valence-corrected chi connectivity index (χ1v) is 5.83. The number of rotatable bonds is 5.